The molecular weight excluding hydrogens is 236 g/mol. The number of hydrogen-bond donors (Lipinski definition) is 3. The largest absolute Gasteiger partial charge is 0.481 e. The number of amides is 3. The summed E-state index contributed by atoms with van der Waals surface area (Å²) in [6.45, 7) is 5.44. The second-order valence-electron chi connectivity index (χ2n) is 4.88. The number of rotatable bonds is 7. The smallest absolute Gasteiger partial charge is 0.321 e. The van der Waals surface area contributed by atoms with Gasteiger partial charge in [-0.15, -0.1) is 0 Å². The zero-order chi connectivity index (χ0) is 14.2. The SMILES string of the molecule is CCCCCNC(=O)NC(=O)CC(C)(C)C(=O)O. The fraction of sp³-hybridized carbons (Fsp3) is 0.750. The number of carboxylic acids is 1. The molecule has 0 bridgehead atoms. The summed E-state index contributed by atoms with van der Waals surface area (Å²) in [5, 5.41) is 13.5. The lowest BCUT2D eigenvalue weighted by molar-refractivity contribution is -0.149. The van der Waals surface area contributed by atoms with Crippen molar-refractivity contribution in [2.24, 2.45) is 5.41 Å². The van der Waals surface area contributed by atoms with Crippen molar-refractivity contribution in [3.8, 4) is 0 Å². The number of aliphatic carboxylic acids is 1. The van der Waals surface area contributed by atoms with Crippen LogP contribution in [0.1, 0.15) is 46.5 Å². The van der Waals surface area contributed by atoms with E-state index in [-0.39, 0.29) is 6.42 Å². The van der Waals surface area contributed by atoms with Gasteiger partial charge in [0.15, 0.2) is 0 Å². The van der Waals surface area contributed by atoms with Gasteiger partial charge in [0.25, 0.3) is 0 Å². The molecule has 0 aliphatic rings. The lowest BCUT2D eigenvalue weighted by atomic mass is 9.89. The summed E-state index contributed by atoms with van der Waals surface area (Å²) in [5.41, 5.74) is -1.17. The molecule has 0 aromatic heterocycles. The van der Waals surface area contributed by atoms with Crippen molar-refractivity contribution < 1.29 is 19.5 Å². The Hall–Kier alpha value is -1.59. The van der Waals surface area contributed by atoms with Crippen molar-refractivity contribution in [3.63, 3.8) is 0 Å². The van der Waals surface area contributed by atoms with Gasteiger partial charge in [0, 0.05) is 13.0 Å². The highest BCUT2D eigenvalue weighted by molar-refractivity contribution is 5.96. The van der Waals surface area contributed by atoms with Crippen LogP contribution in [-0.2, 0) is 9.59 Å². The van der Waals surface area contributed by atoms with E-state index in [1.165, 1.54) is 13.8 Å². The topological polar surface area (TPSA) is 95.5 Å². The summed E-state index contributed by atoms with van der Waals surface area (Å²) >= 11 is 0. The van der Waals surface area contributed by atoms with E-state index < -0.39 is 23.3 Å². The Labute approximate surface area is 107 Å². The van der Waals surface area contributed by atoms with Crippen molar-refractivity contribution >= 4 is 17.9 Å². The van der Waals surface area contributed by atoms with Gasteiger partial charge < -0.3 is 10.4 Å². The molecule has 0 aromatic rings. The molecule has 0 saturated carbocycles. The molecule has 0 unspecified atom stereocenters. The Bertz CT molecular complexity index is 313. The maximum absolute atomic E-state index is 11.4. The molecule has 6 heteroatoms. The molecule has 104 valence electrons. The predicted molar refractivity (Wildman–Crippen MR) is 67.1 cm³/mol. The van der Waals surface area contributed by atoms with Gasteiger partial charge in [0.2, 0.25) is 5.91 Å². The lowest BCUT2D eigenvalue weighted by Crippen LogP contribution is -2.42. The average Bonchev–Trinajstić information content (AvgIpc) is 2.23. The normalized spacial score (nSPS) is 10.8. The number of carboxylic acid groups (broad SMARTS) is 1. The van der Waals surface area contributed by atoms with Crippen LogP contribution in [0.3, 0.4) is 0 Å². The van der Waals surface area contributed by atoms with Crippen LogP contribution in [0.15, 0.2) is 0 Å². The third-order valence-corrected chi connectivity index (χ3v) is 2.50. The molecule has 3 amide bonds. The maximum atomic E-state index is 11.4. The van der Waals surface area contributed by atoms with Crippen molar-refractivity contribution in [3.05, 3.63) is 0 Å². The van der Waals surface area contributed by atoms with Gasteiger partial charge in [-0.05, 0) is 20.3 Å². The summed E-state index contributed by atoms with van der Waals surface area (Å²) in [4.78, 5) is 33.5. The first-order valence-corrected chi connectivity index (χ1v) is 6.10. The van der Waals surface area contributed by atoms with Crippen LogP contribution in [0, 0.1) is 5.41 Å². The van der Waals surface area contributed by atoms with Crippen molar-refractivity contribution in [1.82, 2.24) is 10.6 Å². The quantitative estimate of drug-likeness (QED) is 0.603. The van der Waals surface area contributed by atoms with Gasteiger partial charge in [0.1, 0.15) is 0 Å². The zero-order valence-electron chi connectivity index (χ0n) is 11.2. The first-order chi connectivity index (χ1) is 8.29. The molecule has 0 fully saturated rings. The maximum Gasteiger partial charge on any atom is 0.321 e. The molecule has 6 nitrogen and oxygen atoms in total. The van der Waals surface area contributed by atoms with Crippen LogP contribution in [0.5, 0.6) is 0 Å². The highest BCUT2D eigenvalue weighted by Gasteiger charge is 2.30. The van der Waals surface area contributed by atoms with Crippen molar-refractivity contribution in [2.75, 3.05) is 6.54 Å². The molecule has 3 N–H and O–H groups in total. The van der Waals surface area contributed by atoms with Gasteiger partial charge >= 0.3 is 12.0 Å². The second-order valence-corrected chi connectivity index (χ2v) is 4.88. The number of imide groups is 1. The third-order valence-electron chi connectivity index (χ3n) is 2.50. The Morgan fingerprint density at radius 3 is 2.28 bits per heavy atom. The van der Waals surface area contributed by atoms with Gasteiger partial charge in [-0.3, -0.25) is 14.9 Å². The van der Waals surface area contributed by atoms with Crippen LogP contribution in [0.2, 0.25) is 0 Å². The minimum Gasteiger partial charge on any atom is -0.481 e. The van der Waals surface area contributed by atoms with Gasteiger partial charge in [-0.2, -0.15) is 0 Å². The van der Waals surface area contributed by atoms with E-state index in [0.29, 0.717) is 6.54 Å². The number of unbranched alkanes of at least 4 members (excludes halogenated alkanes) is 2. The van der Waals surface area contributed by atoms with Crippen LogP contribution >= 0.6 is 0 Å². The number of hydrogen-bond acceptors (Lipinski definition) is 3. The Morgan fingerprint density at radius 2 is 1.78 bits per heavy atom. The van der Waals surface area contributed by atoms with E-state index in [0.717, 1.165) is 19.3 Å². The van der Waals surface area contributed by atoms with E-state index >= 15 is 0 Å². The van der Waals surface area contributed by atoms with Gasteiger partial charge in [-0.25, -0.2) is 4.79 Å². The van der Waals surface area contributed by atoms with Gasteiger partial charge in [-0.1, -0.05) is 19.8 Å². The van der Waals surface area contributed by atoms with Gasteiger partial charge in [0.05, 0.1) is 5.41 Å². The molecule has 0 saturated heterocycles. The van der Waals surface area contributed by atoms with Crippen LogP contribution in [0.25, 0.3) is 0 Å². The van der Waals surface area contributed by atoms with E-state index in [4.69, 9.17) is 5.11 Å². The lowest BCUT2D eigenvalue weighted by Gasteiger charge is -2.17. The molecular formula is C12H22N2O4. The number of urea groups is 1. The van der Waals surface area contributed by atoms with Crippen LogP contribution in [0.4, 0.5) is 4.79 Å². The number of carbonyl (C=O) groups is 3. The first kappa shape index (κ1) is 16.4. The Morgan fingerprint density at radius 1 is 1.17 bits per heavy atom. The number of carbonyl (C=O) groups excluding carboxylic acids is 2. The van der Waals surface area contributed by atoms with Crippen LogP contribution < -0.4 is 10.6 Å². The summed E-state index contributed by atoms with van der Waals surface area (Å²) in [6, 6.07) is -0.572. The van der Waals surface area contributed by atoms with E-state index in [1.807, 2.05) is 0 Å². The summed E-state index contributed by atoms with van der Waals surface area (Å²) in [5.74, 6) is -1.66. The molecule has 0 atom stereocenters. The third kappa shape index (κ3) is 6.88. The fourth-order valence-electron chi connectivity index (χ4n) is 1.27. The minimum absolute atomic E-state index is 0.231. The molecule has 0 aliphatic heterocycles. The van der Waals surface area contributed by atoms with Crippen molar-refractivity contribution in [1.29, 1.82) is 0 Å². The molecule has 0 heterocycles. The highest BCUT2D eigenvalue weighted by Crippen LogP contribution is 2.19. The molecule has 18 heavy (non-hydrogen) atoms. The summed E-state index contributed by atoms with van der Waals surface area (Å²) in [7, 11) is 0. The Kier molecular flexibility index (Phi) is 7.00. The fourth-order valence-corrected chi connectivity index (χ4v) is 1.27. The summed E-state index contributed by atoms with van der Waals surface area (Å²) in [6.07, 6.45) is 2.69. The molecule has 0 rings (SSSR count). The monoisotopic (exact) mass is 258 g/mol. The van der Waals surface area contributed by atoms with Crippen LogP contribution in [-0.4, -0.2) is 29.6 Å². The average molecular weight is 258 g/mol. The molecule has 0 spiro atoms. The molecule has 0 radical (unpaired) electrons. The van der Waals surface area contributed by atoms with E-state index in [9.17, 15) is 14.4 Å². The zero-order valence-corrected chi connectivity index (χ0v) is 11.2. The molecule has 0 aromatic carbocycles. The predicted octanol–water partition coefficient (Wildman–Crippen LogP) is 1.50. The summed E-state index contributed by atoms with van der Waals surface area (Å²) < 4.78 is 0. The number of nitrogens with one attached hydrogen (secondary N) is 2. The highest BCUT2D eigenvalue weighted by atomic mass is 16.4. The Balaban J connectivity index is 3.94. The van der Waals surface area contributed by atoms with Crippen molar-refractivity contribution in [2.45, 2.75) is 46.5 Å². The van der Waals surface area contributed by atoms with E-state index in [1.54, 1.807) is 0 Å². The minimum atomic E-state index is -1.17. The second kappa shape index (κ2) is 7.68. The standard InChI is InChI=1S/C12H22N2O4/c1-4-5-6-7-13-11(18)14-9(15)8-12(2,3)10(16)17/h4-8H2,1-3H3,(H,16,17)(H2,13,14,15,18). The molecule has 0 aliphatic carbocycles. The first-order valence-electron chi connectivity index (χ1n) is 6.10. The van der Waals surface area contributed by atoms with E-state index in [2.05, 4.69) is 17.6 Å².